The van der Waals surface area contributed by atoms with Crippen molar-refractivity contribution >= 4 is 26.5 Å². The zero-order valence-corrected chi connectivity index (χ0v) is 21.5. The first kappa shape index (κ1) is 29.4. The van der Waals surface area contributed by atoms with Crippen LogP contribution in [0.1, 0.15) is 61.9 Å². The Morgan fingerprint density at radius 2 is 1.50 bits per heavy atom. The van der Waals surface area contributed by atoms with Gasteiger partial charge < -0.3 is 28.2 Å². The number of hydrogen-bond acceptors (Lipinski definition) is 8. The Balaban J connectivity index is 1.81. The highest BCUT2D eigenvalue weighted by Crippen LogP contribution is 2.39. The van der Waals surface area contributed by atoms with Crippen LogP contribution in [-0.4, -0.2) is 42.8 Å². The summed E-state index contributed by atoms with van der Waals surface area (Å²) >= 11 is 0. The van der Waals surface area contributed by atoms with E-state index in [1.165, 1.54) is 12.1 Å². The molecule has 0 aromatic heterocycles. The molecular formula is C26H33O9P. The summed E-state index contributed by atoms with van der Waals surface area (Å²) in [4.78, 5) is 35.3. The quantitative estimate of drug-likeness (QED) is 0.121. The molecule has 0 fully saturated rings. The Bertz CT molecular complexity index is 956. The molecule has 2 aromatic carbocycles. The van der Waals surface area contributed by atoms with Crippen molar-refractivity contribution in [1.82, 2.24) is 0 Å². The first-order valence-electron chi connectivity index (χ1n) is 11.9. The van der Waals surface area contributed by atoms with Crippen LogP contribution in [0.2, 0.25) is 0 Å². The molecule has 0 aliphatic carbocycles. The highest BCUT2D eigenvalue weighted by molar-refractivity contribution is 7.41. The van der Waals surface area contributed by atoms with Crippen molar-refractivity contribution in [3.05, 3.63) is 59.7 Å². The highest BCUT2D eigenvalue weighted by Gasteiger charge is 2.17. The minimum absolute atomic E-state index is 0.0657. The topological polar surface area (TPSA) is 118 Å². The van der Waals surface area contributed by atoms with E-state index in [2.05, 4.69) is 0 Å². The molecule has 2 aromatic rings. The lowest BCUT2D eigenvalue weighted by Gasteiger charge is -2.14. The number of carbonyl (C=O) groups is 3. The van der Waals surface area contributed by atoms with Gasteiger partial charge in [-0.25, -0.2) is 4.79 Å². The van der Waals surface area contributed by atoms with E-state index in [4.69, 9.17) is 28.2 Å². The highest BCUT2D eigenvalue weighted by atomic mass is 31.2. The standard InChI is InChI=1S/C26H33O9P/c1-3-31-36(32-4-2)33-19-8-7-10-20-15-17-21(18-16-20)34-26(30)22-11-5-6-12-23(22)35-25(29)14-9-13-24(27)28/h5-6,11-12,15-18H,3-4,7-10,13-14,19H2,1-2H3,(H,27,28). The van der Waals surface area contributed by atoms with Crippen LogP contribution in [0.5, 0.6) is 11.5 Å². The van der Waals surface area contributed by atoms with Gasteiger partial charge in [-0.2, -0.15) is 0 Å². The maximum absolute atomic E-state index is 12.7. The number of esters is 2. The summed E-state index contributed by atoms with van der Waals surface area (Å²) in [5.41, 5.74) is 1.20. The normalized spacial score (nSPS) is 10.9. The second kappa shape index (κ2) is 16.8. The Labute approximate surface area is 212 Å². The van der Waals surface area contributed by atoms with E-state index in [0.29, 0.717) is 25.6 Å². The zero-order valence-electron chi connectivity index (χ0n) is 20.6. The number of carboxylic acid groups (broad SMARTS) is 1. The van der Waals surface area contributed by atoms with Crippen LogP contribution < -0.4 is 9.47 Å². The number of rotatable bonds is 17. The second-order valence-electron chi connectivity index (χ2n) is 7.60. The van der Waals surface area contributed by atoms with E-state index >= 15 is 0 Å². The van der Waals surface area contributed by atoms with Crippen LogP contribution in [0.25, 0.3) is 0 Å². The van der Waals surface area contributed by atoms with Crippen LogP contribution in [0.3, 0.4) is 0 Å². The summed E-state index contributed by atoms with van der Waals surface area (Å²) in [5, 5.41) is 8.68. The van der Waals surface area contributed by atoms with Crippen molar-refractivity contribution in [3.63, 3.8) is 0 Å². The average Bonchev–Trinajstić information content (AvgIpc) is 2.85. The van der Waals surface area contributed by atoms with Gasteiger partial charge in [0.15, 0.2) is 0 Å². The summed E-state index contributed by atoms with van der Waals surface area (Å²) in [5.74, 6) is -1.82. The second-order valence-corrected chi connectivity index (χ2v) is 8.82. The smallest absolute Gasteiger partial charge is 0.347 e. The van der Waals surface area contributed by atoms with Gasteiger partial charge >= 0.3 is 26.5 Å². The number of aliphatic carboxylic acids is 1. The van der Waals surface area contributed by atoms with E-state index < -0.39 is 26.5 Å². The molecule has 2 rings (SSSR count). The molecule has 1 N–H and O–H groups in total. The van der Waals surface area contributed by atoms with E-state index in [9.17, 15) is 14.4 Å². The lowest BCUT2D eigenvalue weighted by molar-refractivity contribution is -0.137. The maximum atomic E-state index is 12.7. The van der Waals surface area contributed by atoms with Gasteiger partial charge in [-0.05, 0) is 69.4 Å². The number of carbonyl (C=O) groups excluding carboxylic acids is 2. The van der Waals surface area contributed by atoms with Crippen molar-refractivity contribution in [3.8, 4) is 11.5 Å². The van der Waals surface area contributed by atoms with Gasteiger partial charge in [0.25, 0.3) is 0 Å². The molecule has 0 amide bonds. The van der Waals surface area contributed by atoms with Crippen LogP contribution >= 0.6 is 8.60 Å². The molecule has 0 radical (unpaired) electrons. The fourth-order valence-electron chi connectivity index (χ4n) is 3.06. The molecule has 0 bridgehead atoms. The lowest BCUT2D eigenvalue weighted by Crippen LogP contribution is -2.14. The van der Waals surface area contributed by atoms with Gasteiger partial charge in [0.05, 0.1) is 19.8 Å². The monoisotopic (exact) mass is 520 g/mol. The van der Waals surface area contributed by atoms with Gasteiger partial charge in [-0.1, -0.05) is 24.3 Å². The Hall–Kier alpha value is -2.84. The molecule has 10 heteroatoms. The molecule has 36 heavy (non-hydrogen) atoms. The number of aryl methyl sites for hydroxylation is 1. The first-order chi connectivity index (χ1) is 17.4. The third kappa shape index (κ3) is 11.3. The Morgan fingerprint density at radius 1 is 0.806 bits per heavy atom. The van der Waals surface area contributed by atoms with Crippen molar-refractivity contribution in [2.24, 2.45) is 0 Å². The lowest BCUT2D eigenvalue weighted by atomic mass is 10.1. The molecule has 0 atom stereocenters. The largest absolute Gasteiger partial charge is 0.481 e. The summed E-state index contributed by atoms with van der Waals surface area (Å²) in [6.07, 6.45) is 2.59. The SMILES string of the molecule is CCOP(OCC)OCCCCc1ccc(OC(=O)c2ccccc2OC(=O)CCCC(=O)O)cc1. The van der Waals surface area contributed by atoms with Gasteiger partial charge in [-0.15, -0.1) is 0 Å². The first-order valence-corrected chi connectivity index (χ1v) is 13.0. The number of unbranched alkanes of at least 4 members (excludes halogenated alkanes) is 1. The third-order valence-electron chi connectivity index (χ3n) is 4.76. The van der Waals surface area contributed by atoms with Crippen LogP contribution in [0.4, 0.5) is 0 Å². The zero-order chi connectivity index (χ0) is 26.2. The van der Waals surface area contributed by atoms with Gasteiger partial charge in [0.2, 0.25) is 0 Å². The summed E-state index contributed by atoms with van der Waals surface area (Å²) in [7, 11) is -1.27. The molecule has 0 aliphatic rings. The van der Waals surface area contributed by atoms with Crippen molar-refractivity contribution in [2.45, 2.75) is 52.4 Å². The molecule has 9 nitrogen and oxygen atoms in total. The summed E-state index contributed by atoms with van der Waals surface area (Å²) in [6.45, 7) is 5.46. The fourth-order valence-corrected chi connectivity index (χ4v) is 3.98. The minimum Gasteiger partial charge on any atom is -0.481 e. The fraction of sp³-hybridized carbons (Fsp3) is 0.423. The summed E-state index contributed by atoms with van der Waals surface area (Å²) < 4.78 is 27.2. The molecule has 0 aliphatic heterocycles. The Morgan fingerprint density at radius 3 is 2.17 bits per heavy atom. The molecule has 0 saturated carbocycles. The average molecular weight is 521 g/mol. The Kier molecular flexibility index (Phi) is 13.7. The molecule has 0 heterocycles. The van der Waals surface area contributed by atoms with Gasteiger partial charge in [0.1, 0.15) is 17.1 Å². The van der Waals surface area contributed by atoms with Gasteiger partial charge in [0, 0.05) is 12.8 Å². The number of benzene rings is 2. The maximum Gasteiger partial charge on any atom is 0.347 e. The molecular weight excluding hydrogens is 487 g/mol. The van der Waals surface area contributed by atoms with E-state index in [1.54, 1.807) is 24.3 Å². The van der Waals surface area contributed by atoms with E-state index in [0.717, 1.165) is 24.8 Å². The van der Waals surface area contributed by atoms with Crippen molar-refractivity contribution in [1.29, 1.82) is 0 Å². The number of ether oxygens (including phenoxy) is 2. The molecule has 196 valence electrons. The van der Waals surface area contributed by atoms with Crippen molar-refractivity contribution < 1.29 is 42.5 Å². The number of para-hydroxylation sites is 1. The number of carboxylic acids is 1. The molecule has 0 spiro atoms. The van der Waals surface area contributed by atoms with Crippen LogP contribution in [0, 0.1) is 0 Å². The van der Waals surface area contributed by atoms with Crippen LogP contribution in [-0.2, 0) is 29.6 Å². The third-order valence-corrected chi connectivity index (χ3v) is 6.09. The molecule has 0 unspecified atom stereocenters. The predicted octanol–water partition coefficient (Wildman–Crippen LogP) is 5.71. The summed E-state index contributed by atoms with van der Waals surface area (Å²) in [6, 6.07) is 13.5. The van der Waals surface area contributed by atoms with E-state index in [1.807, 2.05) is 26.0 Å². The number of hydrogen-bond donors (Lipinski definition) is 1. The minimum atomic E-state index is -1.27. The van der Waals surface area contributed by atoms with Gasteiger partial charge in [-0.3, -0.25) is 9.59 Å². The van der Waals surface area contributed by atoms with Crippen LogP contribution in [0.15, 0.2) is 48.5 Å². The predicted molar refractivity (Wildman–Crippen MR) is 134 cm³/mol. The van der Waals surface area contributed by atoms with Crippen molar-refractivity contribution in [2.75, 3.05) is 19.8 Å². The van der Waals surface area contributed by atoms with E-state index in [-0.39, 0.29) is 30.6 Å². The molecule has 0 saturated heterocycles.